The van der Waals surface area contributed by atoms with Crippen LogP contribution in [-0.2, 0) is 17.8 Å². The van der Waals surface area contributed by atoms with Crippen molar-refractivity contribution < 1.29 is 4.79 Å². The van der Waals surface area contributed by atoms with Gasteiger partial charge in [0, 0.05) is 25.0 Å². The van der Waals surface area contributed by atoms with Crippen molar-refractivity contribution >= 4 is 5.91 Å². The SMILES string of the molecule is NC1CCCCc2cn(CC(=O)NCC3CC3)cc21. The maximum absolute atomic E-state index is 11.8. The lowest BCUT2D eigenvalue weighted by molar-refractivity contribution is -0.121. The van der Waals surface area contributed by atoms with E-state index in [1.165, 1.54) is 36.8 Å². The third kappa shape index (κ3) is 3.18. The fourth-order valence-corrected chi connectivity index (χ4v) is 2.84. The van der Waals surface area contributed by atoms with Gasteiger partial charge in [-0.2, -0.15) is 0 Å². The van der Waals surface area contributed by atoms with E-state index < -0.39 is 0 Å². The first-order valence-corrected chi connectivity index (χ1v) is 7.43. The molecule has 19 heavy (non-hydrogen) atoms. The summed E-state index contributed by atoms with van der Waals surface area (Å²) in [5.74, 6) is 0.851. The van der Waals surface area contributed by atoms with Crippen LogP contribution in [0.1, 0.15) is 49.3 Å². The van der Waals surface area contributed by atoms with Crippen LogP contribution in [0.2, 0.25) is 0 Å². The highest BCUT2D eigenvalue weighted by atomic mass is 16.1. The van der Waals surface area contributed by atoms with Gasteiger partial charge >= 0.3 is 0 Å². The standard InChI is InChI=1S/C15H23N3O/c16-14-4-2-1-3-12-8-18(9-13(12)14)10-15(19)17-7-11-5-6-11/h8-9,11,14H,1-7,10,16H2,(H,17,19). The second kappa shape index (κ2) is 5.37. The van der Waals surface area contributed by atoms with Crippen LogP contribution in [0.3, 0.4) is 0 Å². The van der Waals surface area contributed by atoms with Gasteiger partial charge in [-0.05, 0) is 49.1 Å². The number of hydrogen-bond donors (Lipinski definition) is 2. The average molecular weight is 261 g/mol. The van der Waals surface area contributed by atoms with Gasteiger partial charge in [-0.25, -0.2) is 0 Å². The van der Waals surface area contributed by atoms with E-state index in [-0.39, 0.29) is 11.9 Å². The van der Waals surface area contributed by atoms with Crippen molar-refractivity contribution in [1.29, 1.82) is 0 Å². The molecule has 0 radical (unpaired) electrons. The molecule has 1 saturated carbocycles. The summed E-state index contributed by atoms with van der Waals surface area (Å²) in [4.78, 5) is 11.8. The molecule has 0 saturated heterocycles. The molecule has 1 atom stereocenters. The van der Waals surface area contributed by atoms with Crippen LogP contribution in [0, 0.1) is 5.92 Å². The summed E-state index contributed by atoms with van der Waals surface area (Å²) in [5.41, 5.74) is 8.76. The van der Waals surface area contributed by atoms with Crippen molar-refractivity contribution in [3.8, 4) is 0 Å². The number of amides is 1. The Morgan fingerprint density at radius 2 is 2.16 bits per heavy atom. The van der Waals surface area contributed by atoms with Crippen LogP contribution < -0.4 is 11.1 Å². The number of rotatable bonds is 4. The maximum Gasteiger partial charge on any atom is 0.239 e. The van der Waals surface area contributed by atoms with Gasteiger partial charge < -0.3 is 15.6 Å². The van der Waals surface area contributed by atoms with Crippen molar-refractivity contribution in [2.45, 2.75) is 51.1 Å². The summed E-state index contributed by atoms with van der Waals surface area (Å²) in [5, 5.41) is 3.01. The van der Waals surface area contributed by atoms with Crippen LogP contribution in [0.15, 0.2) is 12.4 Å². The summed E-state index contributed by atoms with van der Waals surface area (Å²) < 4.78 is 2.00. The molecule has 2 aliphatic rings. The molecular formula is C15H23N3O. The van der Waals surface area contributed by atoms with E-state index in [0.717, 1.165) is 25.3 Å². The van der Waals surface area contributed by atoms with Crippen LogP contribution in [0.25, 0.3) is 0 Å². The highest BCUT2D eigenvalue weighted by Crippen LogP contribution is 2.28. The molecule has 3 rings (SSSR count). The van der Waals surface area contributed by atoms with Crippen molar-refractivity contribution in [1.82, 2.24) is 9.88 Å². The number of hydrogen-bond acceptors (Lipinski definition) is 2. The van der Waals surface area contributed by atoms with Gasteiger partial charge in [-0.3, -0.25) is 4.79 Å². The quantitative estimate of drug-likeness (QED) is 0.811. The Kier molecular flexibility index (Phi) is 3.60. The van der Waals surface area contributed by atoms with Crippen molar-refractivity contribution in [2.24, 2.45) is 11.7 Å². The highest BCUT2D eigenvalue weighted by molar-refractivity contribution is 5.75. The molecule has 3 N–H and O–H groups in total. The summed E-state index contributed by atoms with van der Waals surface area (Å²) in [6.45, 7) is 1.27. The zero-order valence-electron chi connectivity index (χ0n) is 11.4. The molecule has 0 bridgehead atoms. The first kappa shape index (κ1) is 12.7. The molecular weight excluding hydrogens is 238 g/mol. The van der Waals surface area contributed by atoms with Gasteiger partial charge in [0.2, 0.25) is 5.91 Å². The van der Waals surface area contributed by atoms with Gasteiger partial charge in [0.15, 0.2) is 0 Å². The van der Waals surface area contributed by atoms with Crippen LogP contribution in [-0.4, -0.2) is 17.0 Å². The number of carbonyl (C=O) groups excluding carboxylic acids is 1. The third-order valence-electron chi connectivity index (χ3n) is 4.22. The normalized spacial score (nSPS) is 22.7. The summed E-state index contributed by atoms with van der Waals surface area (Å²) in [7, 11) is 0. The number of fused-ring (bicyclic) bond motifs is 1. The highest BCUT2D eigenvalue weighted by Gasteiger charge is 2.22. The van der Waals surface area contributed by atoms with E-state index in [2.05, 4.69) is 17.7 Å². The van der Waals surface area contributed by atoms with Crippen LogP contribution in [0.4, 0.5) is 0 Å². The number of nitrogens with zero attached hydrogens (tertiary/aromatic N) is 1. The van der Waals surface area contributed by atoms with E-state index in [1.807, 2.05) is 4.57 Å². The fraction of sp³-hybridized carbons (Fsp3) is 0.667. The molecule has 1 aromatic rings. The van der Waals surface area contributed by atoms with Gasteiger partial charge in [0.1, 0.15) is 6.54 Å². The Bertz CT molecular complexity index is 462. The molecule has 4 heteroatoms. The van der Waals surface area contributed by atoms with Crippen molar-refractivity contribution in [3.63, 3.8) is 0 Å². The molecule has 0 aromatic carbocycles. The number of aromatic nitrogens is 1. The molecule has 0 spiro atoms. The summed E-state index contributed by atoms with van der Waals surface area (Å²) in [6, 6.07) is 0.147. The minimum absolute atomic E-state index is 0.116. The van der Waals surface area contributed by atoms with E-state index >= 15 is 0 Å². The second-order valence-corrected chi connectivity index (χ2v) is 6.01. The van der Waals surface area contributed by atoms with Gasteiger partial charge in [0.25, 0.3) is 0 Å². The zero-order chi connectivity index (χ0) is 13.2. The lowest BCUT2D eigenvalue weighted by Gasteiger charge is -2.08. The first-order valence-electron chi connectivity index (χ1n) is 7.43. The Balaban J connectivity index is 1.61. The Morgan fingerprint density at radius 1 is 1.32 bits per heavy atom. The van der Waals surface area contributed by atoms with E-state index in [0.29, 0.717) is 6.54 Å². The lowest BCUT2D eigenvalue weighted by atomic mass is 10.1. The monoisotopic (exact) mass is 261 g/mol. The predicted molar refractivity (Wildman–Crippen MR) is 74.6 cm³/mol. The topological polar surface area (TPSA) is 60.0 Å². The Morgan fingerprint density at radius 3 is 2.95 bits per heavy atom. The minimum Gasteiger partial charge on any atom is -0.354 e. The minimum atomic E-state index is 0.116. The molecule has 1 amide bonds. The molecule has 4 nitrogen and oxygen atoms in total. The van der Waals surface area contributed by atoms with E-state index in [1.54, 1.807) is 0 Å². The molecule has 0 aliphatic heterocycles. The molecule has 104 valence electrons. The summed E-state index contributed by atoms with van der Waals surface area (Å²) in [6.07, 6.45) is 11.3. The number of carbonyl (C=O) groups is 1. The largest absolute Gasteiger partial charge is 0.354 e. The maximum atomic E-state index is 11.8. The smallest absolute Gasteiger partial charge is 0.239 e. The van der Waals surface area contributed by atoms with Crippen molar-refractivity contribution in [2.75, 3.05) is 6.54 Å². The predicted octanol–water partition coefficient (Wildman–Crippen LogP) is 1.74. The van der Waals surface area contributed by atoms with Crippen LogP contribution in [0.5, 0.6) is 0 Å². The fourth-order valence-electron chi connectivity index (χ4n) is 2.84. The number of nitrogens with two attached hydrogens (primary N) is 1. The molecule has 1 unspecified atom stereocenters. The van der Waals surface area contributed by atoms with Gasteiger partial charge in [0.05, 0.1) is 0 Å². The van der Waals surface area contributed by atoms with E-state index in [4.69, 9.17) is 5.73 Å². The van der Waals surface area contributed by atoms with Crippen molar-refractivity contribution in [3.05, 3.63) is 23.5 Å². The van der Waals surface area contributed by atoms with Gasteiger partial charge in [-0.1, -0.05) is 6.42 Å². The van der Waals surface area contributed by atoms with Gasteiger partial charge in [-0.15, -0.1) is 0 Å². The van der Waals surface area contributed by atoms with E-state index in [9.17, 15) is 4.79 Å². The number of nitrogens with one attached hydrogen (secondary N) is 1. The molecule has 1 fully saturated rings. The Hall–Kier alpha value is -1.29. The Labute approximate surface area is 114 Å². The molecule has 1 heterocycles. The third-order valence-corrected chi connectivity index (χ3v) is 4.22. The molecule has 2 aliphatic carbocycles. The zero-order valence-corrected chi connectivity index (χ0v) is 11.4. The average Bonchev–Trinajstić information content (AvgIpc) is 3.15. The lowest BCUT2D eigenvalue weighted by Crippen LogP contribution is -2.28. The first-order chi connectivity index (χ1) is 9.22. The van der Waals surface area contributed by atoms with Crippen LogP contribution >= 0.6 is 0 Å². The number of aryl methyl sites for hydroxylation is 1. The molecule has 1 aromatic heterocycles. The second-order valence-electron chi connectivity index (χ2n) is 6.01. The summed E-state index contributed by atoms with van der Waals surface area (Å²) >= 11 is 0.